The molecule has 0 bridgehead atoms. The molecule has 3 heteroatoms. The number of ketones is 1. The highest BCUT2D eigenvalue weighted by molar-refractivity contribution is 5.99. The Labute approximate surface area is 95.4 Å². The quantitative estimate of drug-likeness (QED) is 0.718. The maximum atomic E-state index is 13.5. The SMILES string of the molecule is CCOC(CC)C(=O)c1cc(C)ccc1F. The van der Waals surface area contributed by atoms with E-state index in [1.54, 1.807) is 12.1 Å². The first-order chi connectivity index (χ1) is 7.60. The largest absolute Gasteiger partial charge is 0.370 e. The summed E-state index contributed by atoms with van der Waals surface area (Å²) in [7, 11) is 0. The van der Waals surface area contributed by atoms with Gasteiger partial charge < -0.3 is 4.74 Å². The van der Waals surface area contributed by atoms with Gasteiger partial charge in [-0.1, -0.05) is 18.6 Å². The molecule has 16 heavy (non-hydrogen) atoms. The summed E-state index contributed by atoms with van der Waals surface area (Å²) in [6, 6.07) is 4.54. The van der Waals surface area contributed by atoms with Gasteiger partial charge in [0.1, 0.15) is 11.9 Å². The summed E-state index contributed by atoms with van der Waals surface area (Å²) in [6.45, 7) is 5.96. The minimum absolute atomic E-state index is 0.125. The zero-order valence-corrected chi connectivity index (χ0v) is 9.92. The van der Waals surface area contributed by atoms with Crippen molar-refractivity contribution in [2.75, 3.05) is 6.61 Å². The fourth-order valence-electron chi connectivity index (χ4n) is 1.58. The van der Waals surface area contributed by atoms with Crippen molar-refractivity contribution in [2.45, 2.75) is 33.3 Å². The molecule has 2 nitrogen and oxygen atoms in total. The van der Waals surface area contributed by atoms with Crippen LogP contribution in [0.15, 0.2) is 18.2 Å². The number of rotatable bonds is 5. The maximum Gasteiger partial charge on any atom is 0.194 e. The highest BCUT2D eigenvalue weighted by Gasteiger charge is 2.21. The molecule has 1 aromatic rings. The summed E-state index contributed by atoms with van der Waals surface area (Å²) in [5.74, 6) is -0.751. The van der Waals surface area contributed by atoms with Gasteiger partial charge >= 0.3 is 0 Å². The minimum Gasteiger partial charge on any atom is -0.370 e. The highest BCUT2D eigenvalue weighted by Crippen LogP contribution is 2.15. The summed E-state index contributed by atoms with van der Waals surface area (Å²) in [5, 5.41) is 0. The molecule has 88 valence electrons. The second-order valence-corrected chi connectivity index (χ2v) is 3.70. The second kappa shape index (κ2) is 5.75. The van der Waals surface area contributed by atoms with Crippen LogP contribution in [0.2, 0.25) is 0 Å². The van der Waals surface area contributed by atoms with Crippen LogP contribution in [0.25, 0.3) is 0 Å². The zero-order chi connectivity index (χ0) is 12.1. The fourth-order valence-corrected chi connectivity index (χ4v) is 1.58. The number of halogens is 1. The van der Waals surface area contributed by atoms with Crippen LogP contribution in [0.4, 0.5) is 4.39 Å². The van der Waals surface area contributed by atoms with E-state index in [9.17, 15) is 9.18 Å². The van der Waals surface area contributed by atoms with Gasteiger partial charge in [0.15, 0.2) is 5.78 Å². The van der Waals surface area contributed by atoms with Gasteiger partial charge in [0.2, 0.25) is 0 Å². The monoisotopic (exact) mass is 224 g/mol. The van der Waals surface area contributed by atoms with Gasteiger partial charge in [-0.3, -0.25) is 4.79 Å². The van der Waals surface area contributed by atoms with Gasteiger partial charge in [-0.2, -0.15) is 0 Å². The predicted octanol–water partition coefficient (Wildman–Crippen LogP) is 3.13. The molecule has 0 saturated heterocycles. The average molecular weight is 224 g/mol. The Kier molecular flexibility index (Phi) is 4.62. The van der Waals surface area contributed by atoms with Gasteiger partial charge in [-0.25, -0.2) is 4.39 Å². The van der Waals surface area contributed by atoms with Crippen molar-refractivity contribution in [3.05, 3.63) is 35.1 Å². The molecule has 0 aliphatic heterocycles. The van der Waals surface area contributed by atoms with Crippen LogP contribution in [0.5, 0.6) is 0 Å². The van der Waals surface area contributed by atoms with Crippen LogP contribution < -0.4 is 0 Å². The van der Waals surface area contributed by atoms with Crippen LogP contribution in [0.1, 0.15) is 36.2 Å². The van der Waals surface area contributed by atoms with Crippen LogP contribution >= 0.6 is 0 Å². The fraction of sp³-hybridized carbons (Fsp3) is 0.462. The van der Waals surface area contributed by atoms with E-state index >= 15 is 0 Å². The Morgan fingerprint density at radius 2 is 2.12 bits per heavy atom. The van der Waals surface area contributed by atoms with Crippen molar-refractivity contribution < 1.29 is 13.9 Å². The van der Waals surface area contributed by atoms with Crippen LogP contribution in [0.3, 0.4) is 0 Å². The summed E-state index contributed by atoms with van der Waals surface area (Å²) >= 11 is 0. The number of Topliss-reactive ketones (excluding diaryl/α,β-unsaturated/α-hetero) is 1. The van der Waals surface area contributed by atoms with Crippen molar-refractivity contribution in [1.29, 1.82) is 0 Å². The third-order valence-corrected chi connectivity index (χ3v) is 2.42. The van der Waals surface area contributed by atoms with E-state index in [1.807, 2.05) is 20.8 Å². The van der Waals surface area contributed by atoms with E-state index in [1.165, 1.54) is 6.07 Å². The molecule has 0 radical (unpaired) electrons. The smallest absolute Gasteiger partial charge is 0.194 e. The summed E-state index contributed by atoms with van der Waals surface area (Å²) in [5.41, 5.74) is 0.997. The van der Waals surface area contributed by atoms with E-state index in [-0.39, 0.29) is 11.3 Å². The third-order valence-electron chi connectivity index (χ3n) is 2.42. The number of benzene rings is 1. The minimum atomic E-state index is -0.540. The van der Waals surface area contributed by atoms with Gasteiger partial charge in [-0.15, -0.1) is 0 Å². The van der Waals surface area contributed by atoms with Gasteiger partial charge in [0.05, 0.1) is 5.56 Å². The number of aryl methyl sites for hydroxylation is 1. The van der Waals surface area contributed by atoms with E-state index in [2.05, 4.69) is 0 Å². The number of hydrogen-bond acceptors (Lipinski definition) is 2. The van der Waals surface area contributed by atoms with Gasteiger partial charge in [0, 0.05) is 6.61 Å². The van der Waals surface area contributed by atoms with Crippen molar-refractivity contribution in [3.63, 3.8) is 0 Å². The lowest BCUT2D eigenvalue weighted by Crippen LogP contribution is -2.24. The molecule has 0 heterocycles. The third kappa shape index (κ3) is 2.89. The predicted molar refractivity (Wildman–Crippen MR) is 61.2 cm³/mol. The normalized spacial score (nSPS) is 12.5. The number of hydrogen-bond donors (Lipinski definition) is 0. The van der Waals surface area contributed by atoms with Crippen LogP contribution in [-0.2, 0) is 4.74 Å². The Morgan fingerprint density at radius 3 is 2.69 bits per heavy atom. The topological polar surface area (TPSA) is 26.3 Å². The summed E-state index contributed by atoms with van der Waals surface area (Å²) in [6.07, 6.45) is 0.0151. The first-order valence-electron chi connectivity index (χ1n) is 5.52. The summed E-state index contributed by atoms with van der Waals surface area (Å²) in [4.78, 5) is 12.0. The molecule has 0 spiro atoms. The Hall–Kier alpha value is -1.22. The number of carbonyl (C=O) groups excluding carboxylic acids is 1. The molecule has 1 atom stereocenters. The molecule has 1 aromatic carbocycles. The van der Waals surface area contributed by atoms with Crippen molar-refractivity contribution in [2.24, 2.45) is 0 Å². The second-order valence-electron chi connectivity index (χ2n) is 3.70. The lowest BCUT2D eigenvalue weighted by Gasteiger charge is -2.14. The van der Waals surface area contributed by atoms with Gasteiger partial charge in [-0.05, 0) is 32.4 Å². The molecule has 1 rings (SSSR count). The Morgan fingerprint density at radius 1 is 1.44 bits per heavy atom. The number of carbonyl (C=O) groups is 1. The first kappa shape index (κ1) is 12.8. The van der Waals surface area contributed by atoms with Crippen LogP contribution in [0, 0.1) is 12.7 Å². The molecule has 0 aromatic heterocycles. The van der Waals surface area contributed by atoms with E-state index in [4.69, 9.17) is 4.74 Å². The van der Waals surface area contributed by atoms with Crippen molar-refractivity contribution in [3.8, 4) is 0 Å². The molecular formula is C13H17FO2. The maximum absolute atomic E-state index is 13.5. The molecule has 0 amide bonds. The Bertz CT molecular complexity index is 374. The standard InChI is InChI=1S/C13H17FO2/c1-4-12(16-5-2)13(15)10-8-9(3)6-7-11(10)14/h6-8,12H,4-5H2,1-3H3. The molecular weight excluding hydrogens is 207 g/mol. The lowest BCUT2D eigenvalue weighted by molar-refractivity contribution is 0.0440. The van der Waals surface area contributed by atoms with Crippen molar-refractivity contribution >= 4 is 5.78 Å². The highest BCUT2D eigenvalue weighted by atomic mass is 19.1. The summed E-state index contributed by atoms with van der Waals surface area (Å²) < 4.78 is 18.8. The van der Waals surface area contributed by atoms with E-state index < -0.39 is 11.9 Å². The van der Waals surface area contributed by atoms with E-state index in [0.29, 0.717) is 13.0 Å². The molecule has 0 fully saturated rings. The van der Waals surface area contributed by atoms with Gasteiger partial charge in [0.25, 0.3) is 0 Å². The first-order valence-corrected chi connectivity index (χ1v) is 5.52. The van der Waals surface area contributed by atoms with Crippen molar-refractivity contribution in [1.82, 2.24) is 0 Å². The van der Waals surface area contributed by atoms with Crippen LogP contribution in [-0.4, -0.2) is 18.5 Å². The molecule has 0 aliphatic rings. The molecule has 0 aliphatic carbocycles. The molecule has 1 unspecified atom stereocenters. The lowest BCUT2D eigenvalue weighted by atomic mass is 10.0. The Balaban J connectivity index is 2.98. The molecule has 0 N–H and O–H groups in total. The van der Waals surface area contributed by atoms with E-state index in [0.717, 1.165) is 5.56 Å². The zero-order valence-electron chi connectivity index (χ0n) is 9.92. The average Bonchev–Trinajstić information content (AvgIpc) is 2.28. The molecule has 0 saturated carbocycles. The number of ether oxygens (including phenoxy) is 1.